The summed E-state index contributed by atoms with van der Waals surface area (Å²) in [5.41, 5.74) is 0.979. The molecule has 10 nitrogen and oxygen atoms in total. The molecule has 2 aromatic rings. The second kappa shape index (κ2) is 15.2. The quantitative estimate of drug-likeness (QED) is 0.362. The summed E-state index contributed by atoms with van der Waals surface area (Å²) in [6.45, 7) is 7.33. The lowest BCUT2D eigenvalue weighted by molar-refractivity contribution is -0.166. The predicted molar refractivity (Wildman–Crippen MR) is 170 cm³/mol. The molecule has 3 fully saturated rings. The topological polar surface area (TPSA) is 120 Å². The van der Waals surface area contributed by atoms with Crippen LogP contribution in [0, 0.1) is 5.92 Å². The molecule has 3 saturated heterocycles. The number of aliphatic hydroxyl groups excluding tert-OH is 1. The summed E-state index contributed by atoms with van der Waals surface area (Å²) in [4.78, 5) is 42.9. The molecule has 0 radical (unpaired) electrons. The van der Waals surface area contributed by atoms with Crippen molar-refractivity contribution in [3.05, 3.63) is 54.1 Å². The van der Waals surface area contributed by atoms with Crippen molar-refractivity contribution in [2.24, 2.45) is 5.92 Å². The highest BCUT2D eigenvalue weighted by atomic mass is 35.5. The van der Waals surface area contributed by atoms with Gasteiger partial charge in [-0.05, 0) is 80.0 Å². The summed E-state index contributed by atoms with van der Waals surface area (Å²) in [6.07, 6.45) is 3.33. The minimum atomic E-state index is -0.906. The summed E-state index contributed by atoms with van der Waals surface area (Å²) >= 11 is 0. The lowest BCUT2D eigenvalue weighted by atomic mass is 9.79. The fraction of sp³-hybridized carbons (Fsp3) is 0.545. The third-order valence-electron chi connectivity index (χ3n) is 9.01. The molecule has 0 aliphatic carbocycles. The van der Waals surface area contributed by atoms with Crippen molar-refractivity contribution in [3.8, 4) is 11.5 Å². The van der Waals surface area contributed by atoms with Crippen molar-refractivity contribution in [2.45, 2.75) is 76.6 Å². The van der Waals surface area contributed by atoms with Crippen molar-refractivity contribution < 1.29 is 29.0 Å². The average Bonchev–Trinajstić information content (AvgIpc) is 3.02. The van der Waals surface area contributed by atoms with E-state index in [0.717, 1.165) is 36.4 Å². The van der Waals surface area contributed by atoms with E-state index >= 15 is 0 Å². The number of piperazine rings is 1. The van der Waals surface area contributed by atoms with Crippen LogP contribution in [0.25, 0.3) is 0 Å². The van der Waals surface area contributed by atoms with Gasteiger partial charge in [0.25, 0.3) is 0 Å². The Morgan fingerprint density at radius 3 is 2.27 bits per heavy atom. The van der Waals surface area contributed by atoms with Gasteiger partial charge in [-0.2, -0.15) is 0 Å². The molecule has 240 valence electrons. The number of rotatable bonds is 10. The van der Waals surface area contributed by atoms with E-state index in [0.29, 0.717) is 64.3 Å². The number of nitrogens with zero attached hydrogens (tertiary/aromatic N) is 2. The molecule has 3 N–H and O–H groups in total. The molecule has 44 heavy (non-hydrogen) atoms. The first kappa shape index (κ1) is 33.7. The Bertz CT molecular complexity index is 1260. The van der Waals surface area contributed by atoms with Crippen LogP contribution in [0.2, 0.25) is 0 Å². The summed E-state index contributed by atoms with van der Waals surface area (Å²) in [5, 5.41) is 16.8. The van der Waals surface area contributed by atoms with E-state index in [-0.39, 0.29) is 36.0 Å². The minimum Gasteiger partial charge on any atom is -0.457 e. The Hall–Kier alpha value is -3.18. The van der Waals surface area contributed by atoms with Crippen molar-refractivity contribution in [2.75, 3.05) is 38.2 Å². The smallest absolute Gasteiger partial charge is 0.248 e. The van der Waals surface area contributed by atoms with Crippen molar-refractivity contribution in [1.29, 1.82) is 0 Å². The number of unbranched alkanes of at least 4 members (excludes halogenated alkanes) is 1. The number of benzene rings is 2. The first-order chi connectivity index (χ1) is 20.8. The molecule has 0 unspecified atom stereocenters. The normalized spacial score (nSPS) is 21.3. The standard InChI is InChI=1S/C33H44N4O6.ClH/c1-3-4-17-37-31(40)29(30(39)25-13-20-42-21-14-25)35-32(41)33(37)15-18-36(19-16-33)22-24-5-9-27(10-6-24)43-28-11-7-26(8-12-28)34-23(2)38;/h5-12,25,29-30,39H,3-4,13-22H2,1-2H3,(H,34,38)(H,35,41);1H/t29-,30-;/m1./s1. The van der Waals surface area contributed by atoms with Crippen LogP contribution in [0.3, 0.4) is 0 Å². The molecule has 3 amide bonds. The Morgan fingerprint density at radius 2 is 1.68 bits per heavy atom. The van der Waals surface area contributed by atoms with Crippen LogP contribution >= 0.6 is 12.4 Å². The molecule has 0 saturated carbocycles. The summed E-state index contributed by atoms with van der Waals surface area (Å²) < 4.78 is 11.4. The van der Waals surface area contributed by atoms with E-state index in [4.69, 9.17) is 9.47 Å². The number of halogens is 1. The van der Waals surface area contributed by atoms with Crippen molar-refractivity contribution >= 4 is 35.8 Å². The van der Waals surface area contributed by atoms with Gasteiger partial charge in [-0.3, -0.25) is 19.3 Å². The number of amides is 3. The van der Waals surface area contributed by atoms with E-state index in [9.17, 15) is 19.5 Å². The summed E-state index contributed by atoms with van der Waals surface area (Å²) in [7, 11) is 0. The maximum Gasteiger partial charge on any atom is 0.248 e. The van der Waals surface area contributed by atoms with Crippen LogP contribution in [0.5, 0.6) is 11.5 Å². The van der Waals surface area contributed by atoms with Gasteiger partial charge in [0.05, 0.1) is 6.10 Å². The zero-order valence-corrected chi connectivity index (χ0v) is 26.4. The fourth-order valence-electron chi connectivity index (χ4n) is 6.48. The fourth-order valence-corrected chi connectivity index (χ4v) is 6.48. The van der Waals surface area contributed by atoms with Gasteiger partial charge in [-0.1, -0.05) is 25.5 Å². The van der Waals surface area contributed by atoms with Crippen LogP contribution in [-0.2, 0) is 25.7 Å². The Balaban J connectivity index is 0.00000442. The summed E-state index contributed by atoms with van der Waals surface area (Å²) in [5.74, 6) is 0.937. The van der Waals surface area contributed by atoms with Gasteiger partial charge in [-0.15, -0.1) is 12.4 Å². The minimum absolute atomic E-state index is 0. The number of aliphatic hydroxyl groups is 1. The van der Waals surface area contributed by atoms with Crippen molar-refractivity contribution in [3.63, 3.8) is 0 Å². The molecule has 2 atom stereocenters. The van der Waals surface area contributed by atoms with Gasteiger partial charge in [-0.25, -0.2) is 0 Å². The van der Waals surface area contributed by atoms with Crippen LogP contribution in [0.1, 0.15) is 57.9 Å². The van der Waals surface area contributed by atoms with Crippen molar-refractivity contribution in [1.82, 2.24) is 15.1 Å². The second-order valence-electron chi connectivity index (χ2n) is 12.0. The second-order valence-corrected chi connectivity index (χ2v) is 12.0. The zero-order valence-electron chi connectivity index (χ0n) is 25.6. The van der Waals surface area contributed by atoms with Crippen LogP contribution in [0.15, 0.2) is 48.5 Å². The molecule has 3 heterocycles. The number of hydrogen-bond donors (Lipinski definition) is 3. The first-order valence-electron chi connectivity index (χ1n) is 15.5. The number of nitrogens with one attached hydrogen (secondary N) is 2. The van der Waals surface area contributed by atoms with Crippen LogP contribution in [0.4, 0.5) is 5.69 Å². The molecule has 2 aromatic carbocycles. The third kappa shape index (κ3) is 7.72. The molecule has 11 heteroatoms. The molecule has 5 rings (SSSR count). The average molecular weight is 629 g/mol. The van der Waals surface area contributed by atoms with Gasteiger partial charge in [0.2, 0.25) is 17.7 Å². The Kier molecular flexibility index (Phi) is 11.6. The van der Waals surface area contributed by atoms with E-state index < -0.39 is 17.7 Å². The van der Waals surface area contributed by atoms with E-state index in [2.05, 4.69) is 22.5 Å². The summed E-state index contributed by atoms with van der Waals surface area (Å²) in [6, 6.07) is 14.3. The maximum atomic E-state index is 13.8. The Labute approximate surface area is 265 Å². The van der Waals surface area contributed by atoms with E-state index in [1.54, 1.807) is 17.0 Å². The highest BCUT2D eigenvalue weighted by Gasteiger charge is 2.55. The van der Waals surface area contributed by atoms with Gasteiger partial charge >= 0.3 is 0 Å². The molecule has 0 aromatic heterocycles. The zero-order chi connectivity index (χ0) is 30.4. The first-order valence-corrected chi connectivity index (χ1v) is 15.5. The Morgan fingerprint density at radius 1 is 1.07 bits per heavy atom. The highest BCUT2D eigenvalue weighted by Crippen LogP contribution is 2.36. The SMILES string of the molecule is CCCCN1C(=O)[C@@H]([C@H](O)C2CCOCC2)NC(=O)C12CCN(Cc1ccc(Oc3ccc(NC(C)=O)cc3)cc1)CC2.Cl. The molecular weight excluding hydrogens is 584 g/mol. The molecule has 1 spiro atoms. The maximum absolute atomic E-state index is 13.8. The van der Waals surface area contributed by atoms with Crippen LogP contribution in [-0.4, -0.2) is 83.2 Å². The molecule has 3 aliphatic heterocycles. The lowest BCUT2D eigenvalue weighted by Crippen LogP contribution is -2.75. The monoisotopic (exact) mass is 628 g/mol. The lowest BCUT2D eigenvalue weighted by Gasteiger charge is -2.52. The number of hydrogen-bond acceptors (Lipinski definition) is 7. The van der Waals surface area contributed by atoms with Crippen LogP contribution < -0.4 is 15.4 Å². The number of likely N-dealkylation sites (tertiary alicyclic amines) is 1. The van der Waals surface area contributed by atoms with Gasteiger partial charge < -0.3 is 30.1 Å². The number of anilines is 1. The van der Waals surface area contributed by atoms with Gasteiger partial charge in [0, 0.05) is 52.0 Å². The molecular formula is C33H45ClN4O6. The highest BCUT2D eigenvalue weighted by molar-refractivity contribution is 6.00. The van der Waals surface area contributed by atoms with Gasteiger partial charge in [0.15, 0.2) is 0 Å². The molecule has 0 bridgehead atoms. The van der Waals surface area contributed by atoms with E-state index in [1.165, 1.54) is 6.92 Å². The van der Waals surface area contributed by atoms with E-state index in [1.807, 2.05) is 36.4 Å². The third-order valence-corrected chi connectivity index (χ3v) is 9.01. The number of ether oxygens (including phenoxy) is 2. The van der Waals surface area contributed by atoms with Gasteiger partial charge in [0.1, 0.15) is 23.1 Å². The molecule has 3 aliphatic rings. The predicted octanol–water partition coefficient (Wildman–Crippen LogP) is 4.11. The number of carbonyl (C=O) groups excluding carboxylic acids is 3. The largest absolute Gasteiger partial charge is 0.457 e. The number of piperidine rings is 1. The number of carbonyl (C=O) groups is 3.